The molecule has 0 heterocycles. The maximum atomic E-state index is 12.1. The molecule has 0 aliphatic carbocycles. The molecule has 2 nitrogen and oxygen atoms in total. The van der Waals surface area contributed by atoms with E-state index >= 15 is 0 Å². The van der Waals surface area contributed by atoms with E-state index in [1.807, 2.05) is 26.0 Å². The van der Waals surface area contributed by atoms with Crippen LogP contribution in [0.15, 0.2) is 23.1 Å². The number of hydrogen-bond acceptors (Lipinski definition) is 2. The summed E-state index contributed by atoms with van der Waals surface area (Å²) >= 11 is 0. The van der Waals surface area contributed by atoms with Gasteiger partial charge in [0.1, 0.15) is 0 Å². The van der Waals surface area contributed by atoms with Crippen LogP contribution in [0.2, 0.25) is 0 Å². The Morgan fingerprint density at radius 2 is 2.06 bits per heavy atom. The summed E-state index contributed by atoms with van der Waals surface area (Å²) in [6, 6.07) is 6.15. The predicted octanol–water partition coefficient (Wildman–Crippen LogP) is 2.41. The zero-order valence-corrected chi connectivity index (χ0v) is 11.2. The molecule has 0 saturated carbocycles. The van der Waals surface area contributed by atoms with Crippen molar-refractivity contribution in [2.24, 2.45) is 0 Å². The predicted molar refractivity (Wildman–Crippen MR) is 70.4 cm³/mol. The molecule has 90 valence electrons. The van der Waals surface area contributed by atoms with Crippen LogP contribution in [0.3, 0.4) is 0 Å². The van der Waals surface area contributed by atoms with Gasteiger partial charge in [0.15, 0.2) is 0 Å². The van der Waals surface area contributed by atoms with E-state index in [0.29, 0.717) is 0 Å². The molecule has 1 N–H and O–H groups in total. The lowest BCUT2D eigenvalue weighted by atomic mass is 10.2. The fraction of sp³-hybridized carbons (Fsp3) is 0.538. The molecule has 1 aromatic rings. The summed E-state index contributed by atoms with van der Waals surface area (Å²) in [5.41, 5.74) is 2.31. The Hall–Kier alpha value is -0.670. The second-order valence-corrected chi connectivity index (χ2v) is 5.56. The number of nitrogens with one attached hydrogen (secondary N) is 1. The van der Waals surface area contributed by atoms with Gasteiger partial charge in [-0.05, 0) is 50.6 Å². The molecule has 0 radical (unpaired) electrons. The maximum absolute atomic E-state index is 12.1. The van der Waals surface area contributed by atoms with Gasteiger partial charge in [0.2, 0.25) is 0 Å². The first-order chi connectivity index (χ1) is 7.65. The Morgan fingerprint density at radius 3 is 2.75 bits per heavy atom. The van der Waals surface area contributed by atoms with E-state index in [9.17, 15) is 4.21 Å². The molecule has 0 saturated heterocycles. The number of aryl methyl sites for hydroxylation is 2. The van der Waals surface area contributed by atoms with Crippen molar-refractivity contribution in [1.29, 1.82) is 0 Å². The first-order valence-electron chi connectivity index (χ1n) is 5.81. The monoisotopic (exact) mass is 239 g/mol. The quantitative estimate of drug-likeness (QED) is 0.772. The van der Waals surface area contributed by atoms with Gasteiger partial charge in [0.05, 0.1) is 10.8 Å². The van der Waals surface area contributed by atoms with Gasteiger partial charge in [-0.2, -0.15) is 0 Å². The van der Waals surface area contributed by atoms with Gasteiger partial charge in [0.25, 0.3) is 0 Å². The number of benzene rings is 1. The highest BCUT2D eigenvalue weighted by molar-refractivity contribution is 7.85. The van der Waals surface area contributed by atoms with Gasteiger partial charge in [-0.25, -0.2) is 0 Å². The normalized spacial score (nSPS) is 12.7. The van der Waals surface area contributed by atoms with Crippen LogP contribution in [0.1, 0.15) is 24.5 Å². The van der Waals surface area contributed by atoms with Crippen molar-refractivity contribution in [1.82, 2.24) is 5.32 Å². The van der Waals surface area contributed by atoms with Crippen molar-refractivity contribution in [3.63, 3.8) is 0 Å². The summed E-state index contributed by atoms with van der Waals surface area (Å²) in [5, 5.41) is 3.25. The fourth-order valence-corrected chi connectivity index (χ4v) is 2.94. The zero-order chi connectivity index (χ0) is 12.0. The molecule has 3 heteroatoms. The van der Waals surface area contributed by atoms with Crippen molar-refractivity contribution in [2.75, 3.05) is 18.8 Å². The van der Waals surface area contributed by atoms with Gasteiger partial charge in [-0.15, -0.1) is 0 Å². The van der Waals surface area contributed by atoms with Crippen molar-refractivity contribution in [3.05, 3.63) is 29.3 Å². The molecule has 0 aromatic heterocycles. The van der Waals surface area contributed by atoms with E-state index in [0.717, 1.165) is 35.7 Å². The van der Waals surface area contributed by atoms with E-state index in [1.54, 1.807) is 0 Å². The SMILES string of the molecule is CCNCCCS(=O)c1cc(C)ccc1C. The van der Waals surface area contributed by atoms with E-state index in [4.69, 9.17) is 0 Å². The van der Waals surface area contributed by atoms with Crippen LogP contribution in [0.25, 0.3) is 0 Å². The van der Waals surface area contributed by atoms with Crippen LogP contribution in [-0.4, -0.2) is 23.1 Å². The van der Waals surface area contributed by atoms with Gasteiger partial charge in [-0.3, -0.25) is 4.21 Å². The highest BCUT2D eigenvalue weighted by Crippen LogP contribution is 2.15. The Morgan fingerprint density at radius 1 is 1.31 bits per heavy atom. The Balaban J connectivity index is 2.55. The summed E-state index contributed by atoms with van der Waals surface area (Å²) < 4.78 is 12.1. The molecule has 1 rings (SSSR count). The average molecular weight is 239 g/mol. The zero-order valence-electron chi connectivity index (χ0n) is 10.4. The standard InChI is InChI=1S/C13H21NOS/c1-4-14-8-5-9-16(15)13-10-11(2)6-7-12(13)3/h6-7,10,14H,4-5,8-9H2,1-3H3. The van der Waals surface area contributed by atoms with E-state index < -0.39 is 10.8 Å². The van der Waals surface area contributed by atoms with Gasteiger partial charge in [0, 0.05) is 10.6 Å². The summed E-state index contributed by atoms with van der Waals surface area (Å²) in [6.45, 7) is 8.08. The Bertz CT molecular complexity index is 363. The molecular weight excluding hydrogens is 218 g/mol. The lowest BCUT2D eigenvalue weighted by Gasteiger charge is -2.07. The Labute approximate surface area is 101 Å². The molecule has 0 spiro atoms. The molecule has 1 atom stereocenters. The largest absolute Gasteiger partial charge is 0.317 e. The van der Waals surface area contributed by atoms with Gasteiger partial charge < -0.3 is 5.32 Å². The van der Waals surface area contributed by atoms with Crippen molar-refractivity contribution in [2.45, 2.75) is 32.1 Å². The van der Waals surface area contributed by atoms with E-state index in [2.05, 4.69) is 18.3 Å². The minimum atomic E-state index is -0.849. The first kappa shape index (κ1) is 13.4. The molecule has 0 amide bonds. The third-order valence-electron chi connectivity index (χ3n) is 2.52. The first-order valence-corrected chi connectivity index (χ1v) is 7.13. The summed E-state index contributed by atoms with van der Waals surface area (Å²) in [4.78, 5) is 0.997. The molecule has 1 unspecified atom stereocenters. The summed E-state index contributed by atoms with van der Waals surface area (Å²) in [7, 11) is -0.849. The molecule has 0 aliphatic rings. The highest BCUT2D eigenvalue weighted by atomic mass is 32.2. The van der Waals surface area contributed by atoms with Crippen molar-refractivity contribution in [3.8, 4) is 0 Å². The lowest BCUT2D eigenvalue weighted by molar-refractivity contribution is 0.669. The van der Waals surface area contributed by atoms with Crippen LogP contribution < -0.4 is 5.32 Å². The van der Waals surface area contributed by atoms with Crippen LogP contribution in [0, 0.1) is 13.8 Å². The van der Waals surface area contributed by atoms with Gasteiger partial charge in [-0.1, -0.05) is 19.1 Å². The second kappa shape index (κ2) is 6.81. The maximum Gasteiger partial charge on any atom is 0.0532 e. The van der Waals surface area contributed by atoms with E-state index in [1.165, 1.54) is 5.56 Å². The molecule has 0 bridgehead atoms. The number of hydrogen-bond donors (Lipinski definition) is 1. The summed E-state index contributed by atoms with van der Waals surface area (Å²) in [5.74, 6) is 0.747. The van der Waals surface area contributed by atoms with E-state index in [-0.39, 0.29) is 0 Å². The van der Waals surface area contributed by atoms with Crippen molar-refractivity contribution >= 4 is 10.8 Å². The topological polar surface area (TPSA) is 29.1 Å². The lowest BCUT2D eigenvalue weighted by Crippen LogP contribution is -2.16. The fourth-order valence-electron chi connectivity index (χ4n) is 1.57. The van der Waals surface area contributed by atoms with Crippen molar-refractivity contribution < 1.29 is 4.21 Å². The second-order valence-electron chi connectivity index (χ2n) is 4.03. The smallest absolute Gasteiger partial charge is 0.0532 e. The minimum absolute atomic E-state index is 0.747. The van der Waals surface area contributed by atoms with Crippen LogP contribution in [0.5, 0.6) is 0 Å². The summed E-state index contributed by atoms with van der Waals surface area (Å²) in [6.07, 6.45) is 0.966. The molecule has 0 fully saturated rings. The molecule has 16 heavy (non-hydrogen) atoms. The van der Waals surface area contributed by atoms with Crippen LogP contribution in [0.4, 0.5) is 0 Å². The third kappa shape index (κ3) is 4.06. The Kier molecular flexibility index (Phi) is 5.71. The molecular formula is C13H21NOS. The van der Waals surface area contributed by atoms with Crippen LogP contribution in [-0.2, 0) is 10.8 Å². The minimum Gasteiger partial charge on any atom is -0.317 e. The van der Waals surface area contributed by atoms with Crippen LogP contribution >= 0.6 is 0 Å². The molecule has 0 aliphatic heterocycles. The third-order valence-corrected chi connectivity index (χ3v) is 4.11. The number of rotatable bonds is 6. The highest BCUT2D eigenvalue weighted by Gasteiger charge is 2.06. The van der Waals surface area contributed by atoms with Gasteiger partial charge >= 0.3 is 0 Å². The molecule has 1 aromatic carbocycles. The average Bonchev–Trinajstić information content (AvgIpc) is 2.27.